The van der Waals surface area contributed by atoms with E-state index in [1.807, 2.05) is 0 Å². The van der Waals surface area contributed by atoms with E-state index < -0.39 is 17.2 Å². The summed E-state index contributed by atoms with van der Waals surface area (Å²) in [4.78, 5) is 9.76. The minimum absolute atomic E-state index is 0.0647. The van der Waals surface area contributed by atoms with Crippen LogP contribution in [0.4, 0.5) is 14.6 Å². The van der Waals surface area contributed by atoms with Crippen LogP contribution in [0.5, 0.6) is 0 Å². The van der Waals surface area contributed by atoms with Crippen LogP contribution < -0.4 is 10.2 Å². The van der Waals surface area contributed by atoms with Crippen molar-refractivity contribution in [1.29, 1.82) is 0 Å². The first-order valence-corrected chi connectivity index (χ1v) is 8.14. The van der Waals surface area contributed by atoms with Crippen LogP contribution in [0.15, 0.2) is 10.5 Å². The minimum atomic E-state index is -1.01. The third-order valence-corrected chi connectivity index (χ3v) is 4.57. The normalized spacial score (nSPS) is 22.4. The van der Waals surface area contributed by atoms with Crippen molar-refractivity contribution in [3.05, 3.63) is 27.5 Å². The maximum atomic E-state index is 14.3. The molecule has 2 aromatic rings. The maximum Gasteiger partial charge on any atom is 0.225 e. The Kier molecular flexibility index (Phi) is 4.43. The van der Waals surface area contributed by atoms with Crippen molar-refractivity contribution in [3.63, 3.8) is 0 Å². The number of halogens is 4. The van der Waals surface area contributed by atoms with Crippen LogP contribution in [0.3, 0.4) is 0 Å². The molecule has 23 heavy (non-hydrogen) atoms. The number of aliphatic hydroxyl groups is 1. The van der Waals surface area contributed by atoms with Gasteiger partial charge in [-0.2, -0.15) is 4.98 Å². The summed E-state index contributed by atoms with van der Waals surface area (Å²) in [7, 11) is 0. The van der Waals surface area contributed by atoms with E-state index in [1.54, 1.807) is 11.8 Å². The number of hydrogen-bond acceptors (Lipinski definition) is 5. The Labute approximate surface area is 144 Å². The number of nitrogens with zero attached hydrogens (tertiary/aromatic N) is 3. The summed E-state index contributed by atoms with van der Waals surface area (Å²) in [6, 6.07) is 1.17. The zero-order valence-electron chi connectivity index (χ0n) is 12.2. The van der Waals surface area contributed by atoms with Crippen LogP contribution in [0.25, 0.3) is 10.9 Å². The summed E-state index contributed by atoms with van der Waals surface area (Å²) in [5.74, 6) is -1.28. The van der Waals surface area contributed by atoms with E-state index >= 15 is 0 Å². The van der Waals surface area contributed by atoms with E-state index in [1.165, 1.54) is 6.07 Å². The van der Waals surface area contributed by atoms with Crippen LogP contribution in [-0.2, 0) is 0 Å². The summed E-state index contributed by atoms with van der Waals surface area (Å²) < 4.78 is 27.9. The molecule has 0 bridgehead atoms. The Morgan fingerprint density at radius 1 is 1.43 bits per heavy atom. The molecule has 124 valence electrons. The van der Waals surface area contributed by atoms with Gasteiger partial charge in [-0.15, -0.1) is 0 Å². The summed E-state index contributed by atoms with van der Waals surface area (Å²) in [5, 5.41) is 13.5. The molecule has 1 aromatic heterocycles. The SMILES string of the molecule is CC1(O)CNCCN(c2nc(Cl)nc3c(F)c(Br)c(F)cc23)C1. The zero-order valence-corrected chi connectivity index (χ0v) is 14.5. The topological polar surface area (TPSA) is 61.3 Å². The Morgan fingerprint density at radius 2 is 2.17 bits per heavy atom. The van der Waals surface area contributed by atoms with Gasteiger partial charge in [0.1, 0.15) is 17.2 Å². The predicted octanol–water partition coefficient (Wildman–Crippen LogP) is 2.48. The molecule has 5 nitrogen and oxygen atoms in total. The van der Waals surface area contributed by atoms with Crippen LogP contribution in [0, 0.1) is 11.6 Å². The Morgan fingerprint density at radius 3 is 2.91 bits per heavy atom. The van der Waals surface area contributed by atoms with Crippen molar-refractivity contribution in [2.75, 3.05) is 31.1 Å². The monoisotopic (exact) mass is 406 g/mol. The second-order valence-electron chi connectivity index (χ2n) is 5.79. The van der Waals surface area contributed by atoms with Crippen LogP contribution in [0.2, 0.25) is 5.28 Å². The lowest BCUT2D eigenvalue weighted by molar-refractivity contribution is 0.0728. The smallest absolute Gasteiger partial charge is 0.225 e. The van der Waals surface area contributed by atoms with Crippen LogP contribution >= 0.6 is 27.5 Å². The van der Waals surface area contributed by atoms with Gasteiger partial charge in [0.25, 0.3) is 0 Å². The van der Waals surface area contributed by atoms with E-state index in [-0.39, 0.29) is 27.2 Å². The first-order chi connectivity index (χ1) is 10.8. The molecular formula is C14H14BrClF2N4O. The lowest BCUT2D eigenvalue weighted by Crippen LogP contribution is -2.43. The Hall–Kier alpha value is -1.09. The molecule has 3 rings (SSSR count). The molecule has 0 amide bonds. The van der Waals surface area contributed by atoms with Gasteiger partial charge in [-0.25, -0.2) is 13.8 Å². The first-order valence-electron chi connectivity index (χ1n) is 6.97. The van der Waals surface area contributed by atoms with E-state index in [9.17, 15) is 13.9 Å². The third-order valence-electron chi connectivity index (χ3n) is 3.67. The molecule has 0 saturated carbocycles. The van der Waals surface area contributed by atoms with Crippen LogP contribution in [0.1, 0.15) is 6.92 Å². The quantitative estimate of drug-likeness (QED) is 0.562. The molecule has 1 aliphatic heterocycles. The van der Waals surface area contributed by atoms with Gasteiger partial charge < -0.3 is 15.3 Å². The van der Waals surface area contributed by atoms with E-state index in [2.05, 4.69) is 31.2 Å². The number of benzene rings is 1. The summed E-state index contributed by atoms with van der Waals surface area (Å²) in [6.07, 6.45) is 0. The number of fused-ring (bicyclic) bond motifs is 1. The molecule has 0 aliphatic carbocycles. The molecule has 0 spiro atoms. The average molecular weight is 408 g/mol. The Balaban J connectivity index is 2.20. The van der Waals surface area contributed by atoms with E-state index in [4.69, 9.17) is 11.6 Å². The average Bonchev–Trinajstić information content (AvgIpc) is 2.66. The second-order valence-corrected chi connectivity index (χ2v) is 6.93. The minimum Gasteiger partial charge on any atom is -0.387 e. The fourth-order valence-corrected chi connectivity index (χ4v) is 3.14. The van der Waals surface area contributed by atoms with Crippen molar-refractivity contribution in [1.82, 2.24) is 15.3 Å². The van der Waals surface area contributed by atoms with Crippen LogP contribution in [-0.4, -0.2) is 46.9 Å². The summed E-state index contributed by atoms with van der Waals surface area (Å²) in [6.45, 7) is 3.45. The van der Waals surface area contributed by atoms with Gasteiger partial charge in [0.15, 0.2) is 5.82 Å². The molecule has 1 saturated heterocycles. The van der Waals surface area contributed by atoms with E-state index in [0.29, 0.717) is 25.5 Å². The highest BCUT2D eigenvalue weighted by molar-refractivity contribution is 9.10. The number of β-amino-alcohol motifs (C(OH)–C–C–N with tert-alkyl or cyclic N) is 1. The molecule has 9 heteroatoms. The second kappa shape index (κ2) is 6.08. The number of hydrogen-bond donors (Lipinski definition) is 2. The molecule has 2 N–H and O–H groups in total. The third kappa shape index (κ3) is 3.26. The van der Waals surface area contributed by atoms with Gasteiger partial charge in [0.05, 0.1) is 10.1 Å². The first kappa shape index (κ1) is 16.8. The molecule has 1 aliphatic rings. The highest BCUT2D eigenvalue weighted by Crippen LogP contribution is 2.33. The Bertz CT molecular complexity index is 774. The molecule has 1 aromatic carbocycles. The summed E-state index contributed by atoms with van der Waals surface area (Å²) in [5.41, 5.74) is -1.07. The van der Waals surface area contributed by atoms with Gasteiger partial charge in [-0.3, -0.25) is 0 Å². The molecule has 1 atom stereocenters. The molecule has 2 heterocycles. The fourth-order valence-electron chi connectivity index (χ4n) is 2.67. The number of anilines is 1. The standard InChI is InChI=1S/C14H14BrClF2N4O/c1-14(23)5-19-2-3-22(6-14)12-7-4-8(17)9(15)10(18)11(7)20-13(16)21-12/h4,19,23H,2-3,5-6H2,1H3. The zero-order chi connectivity index (χ0) is 16.8. The van der Waals surface area contributed by atoms with Gasteiger partial charge in [-0.05, 0) is 40.5 Å². The predicted molar refractivity (Wildman–Crippen MR) is 87.9 cm³/mol. The van der Waals surface area contributed by atoms with Crippen molar-refractivity contribution in [2.24, 2.45) is 0 Å². The largest absolute Gasteiger partial charge is 0.387 e. The number of rotatable bonds is 1. The van der Waals surface area contributed by atoms with E-state index in [0.717, 1.165) is 0 Å². The lowest BCUT2D eigenvalue weighted by Gasteiger charge is -2.29. The molecular weight excluding hydrogens is 394 g/mol. The summed E-state index contributed by atoms with van der Waals surface area (Å²) >= 11 is 8.78. The van der Waals surface area contributed by atoms with Gasteiger partial charge in [0.2, 0.25) is 5.28 Å². The number of nitrogens with one attached hydrogen (secondary N) is 1. The molecule has 1 unspecified atom stereocenters. The van der Waals surface area contributed by atoms with Crippen molar-refractivity contribution >= 4 is 44.3 Å². The van der Waals surface area contributed by atoms with Crippen molar-refractivity contribution in [3.8, 4) is 0 Å². The van der Waals surface area contributed by atoms with Gasteiger partial charge in [-0.1, -0.05) is 0 Å². The van der Waals surface area contributed by atoms with Crippen molar-refractivity contribution in [2.45, 2.75) is 12.5 Å². The maximum absolute atomic E-state index is 14.3. The molecule has 1 fully saturated rings. The fraction of sp³-hybridized carbons (Fsp3) is 0.429. The van der Waals surface area contributed by atoms with Gasteiger partial charge in [0, 0.05) is 31.6 Å². The molecule has 0 radical (unpaired) electrons. The highest BCUT2D eigenvalue weighted by Gasteiger charge is 2.29. The van der Waals surface area contributed by atoms with Crippen molar-refractivity contribution < 1.29 is 13.9 Å². The highest BCUT2D eigenvalue weighted by atomic mass is 79.9. The number of aromatic nitrogens is 2. The lowest BCUT2D eigenvalue weighted by atomic mass is 10.1. The van der Waals surface area contributed by atoms with Gasteiger partial charge >= 0.3 is 0 Å².